The van der Waals surface area contributed by atoms with E-state index in [-0.39, 0.29) is 11.8 Å². The molecule has 0 bridgehead atoms. The summed E-state index contributed by atoms with van der Waals surface area (Å²) < 4.78 is 0. The van der Waals surface area contributed by atoms with Crippen molar-refractivity contribution in [1.29, 1.82) is 0 Å². The van der Waals surface area contributed by atoms with Gasteiger partial charge in [-0.3, -0.25) is 4.79 Å². The molecule has 1 rings (SSSR count). The quantitative estimate of drug-likeness (QED) is 0.732. The molecular formula is C11H20O2. The van der Waals surface area contributed by atoms with Crippen molar-refractivity contribution >= 4 is 5.97 Å². The van der Waals surface area contributed by atoms with Crippen LogP contribution in [0.1, 0.15) is 46.0 Å². The third-order valence-electron chi connectivity index (χ3n) is 3.16. The first kappa shape index (κ1) is 10.6. The van der Waals surface area contributed by atoms with Crippen LogP contribution >= 0.6 is 0 Å². The molecule has 0 radical (unpaired) electrons. The molecule has 1 unspecified atom stereocenters. The Kier molecular flexibility index (Phi) is 3.76. The third-order valence-corrected chi connectivity index (χ3v) is 3.16. The van der Waals surface area contributed by atoms with Gasteiger partial charge in [-0.1, -0.05) is 33.1 Å². The summed E-state index contributed by atoms with van der Waals surface area (Å²) >= 11 is 0. The second-order valence-electron chi connectivity index (χ2n) is 4.51. The minimum Gasteiger partial charge on any atom is -0.481 e. The lowest BCUT2D eigenvalue weighted by Crippen LogP contribution is -2.29. The number of carboxylic acid groups (broad SMARTS) is 1. The summed E-state index contributed by atoms with van der Waals surface area (Å²) in [7, 11) is 0. The van der Waals surface area contributed by atoms with Crippen molar-refractivity contribution in [2.75, 3.05) is 0 Å². The normalized spacial score (nSPS) is 21.8. The lowest BCUT2D eigenvalue weighted by atomic mass is 9.75. The first-order valence-corrected chi connectivity index (χ1v) is 5.35. The number of hydrogen-bond acceptors (Lipinski definition) is 1. The second-order valence-corrected chi connectivity index (χ2v) is 4.51. The fourth-order valence-corrected chi connectivity index (χ4v) is 2.52. The summed E-state index contributed by atoms with van der Waals surface area (Å²) in [5.41, 5.74) is 0. The summed E-state index contributed by atoms with van der Waals surface area (Å²) in [6.45, 7) is 4.04. The van der Waals surface area contributed by atoms with E-state index < -0.39 is 5.97 Å². The Balaban J connectivity index is 2.57. The highest BCUT2D eigenvalue weighted by Gasteiger charge is 2.31. The molecule has 0 spiro atoms. The monoisotopic (exact) mass is 184 g/mol. The van der Waals surface area contributed by atoms with Gasteiger partial charge in [-0.05, 0) is 24.7 Å². The van der Waals surface area contributed by atoms with Crippen LogP contribution in [-0.4, -0.2) is 11.1 Å². The standard InChI is InChI=1S/C11H20O2/c1-8(2)10(11(12)13)9-6-4-3-5-7-9/h8-10H,3-7H2,1-2H3,(H,12,13). The molecule has 0 aromatic rings. The van der Waals surface area contributed by atoms with E-state index in [1.165, 1.54) is 19.3 Å². The van der Waals surface area contributed by atoms with E-state index in [0.29, 0.717) is 5.92 Å². The van der Waals surface area contributed by atoms with Crippen LogP contribution < -0.4 is 0 Å². The predicted octanol–water partition coefficient (Wildman–Crippen LogP) is 2.92. The lowest BCUT2D eigenvalue weighted by Gasteiger charge is -2.29. The van der Waals surface area contributed by atoms with Crippen LogP contribution in [0, 0.1) is 17.8 Å². The molecule has 0 saturated heterocycles. The second kappa shape index (κ2) is 4.64. The van der Waals surface area contributed by atoms with Crippen molar-refractivity contribution < 1.29 is 9.90 Å². The third kappa shape index (κ3) is 2.71. The van der Waals surface area contributed by atoms with E-state index in [4.69, 9.17) is 5.11 Å². The minimum atomic E-state index is -0.595. The van der Waals surface area contributed by atoms with Gasteiger partial charge in [0.15, 0.2) is 0 Å². The van der Waals surface area contributed by atoms with Gasteiger partial charge in [0.1, 0.15) is 0 Å². The Hall–Kier alpha value is -0.530. The molecule has 76 valence electrons. The van der Waals surface area contributed by atoms with Crippen molar-refractivity contribution in [3.8, 4) is 0 Å². The van der Waals surface area contributed by atoms with Gasteiger partial charge in [-0.2, -0.15) is 0 Å². The molecule has 1 fully saturated rings. The fourth-order valence-electron chi connectivity index (χ4n) is 2.52. The van der Waals surface area contributed by atoms with Crippen molar-refractivity contribution in [3.63, 3.8) is 0 Å². The maximum absolute atomic E-state index is 11.0. The molecule has 1 aliphatic rings. The van der Waals surface area contributed by atoms with Gasteiger partial charge in [0, 0.05) is 0 Å². The van der Waals surface area contributed by atoms with E-state index in [0.717, 1.165) is 12.8 Å². The number of aliphatic carboxylic acids is 1. The molecule has 0 aromatic carbocycles. The van der Waals surface area contributed by atoms with Crippen LogP contribution in [0.2, 0.25) is 0 Å². The molecule has 1 N–H and O–H groups in total. The van der Waals surface area contributed by atoms with Gasteiger partial charge in [0.05, 0.1) is 5.92 Å². The van der Waals surface area contributed by atoms with E-state index in [9.17, 15) is 4.79 Å². The van der Waals surface area contributed by atoms with Crippen molar-refractivity contribution in [3.05, 3.63) is 0 Å². The molecule has 2 heteroatoms. The largest absolute Gasteiger partial charge is 0.481 e. The predicted molar refractivity (Wildman–Crippen MR) is 52.5 cm³/mol. The number of hydrogen-bond donors (Lipinski definition) is 1. The van der Waals surface area contributed by atoms with Gasteiger partial charge in [0.25, 0.3) is 0 Å². The topological polar surface area (TPSA) is 37.3 Å². The van der Waals surface area contributed by atoms with Gasteiger partial charge < -0.3 is 5.11 Å². The van der Waals surface area contributed by atoms with Crippen LogP contribution in [0.25, 0.3) is 0 Å². The van der Waals surface area contributed by atoms with Crippen LogP contribution in [-0.2, 0) is 4.79 Å². The molecule has 13 heavy (non-hydrogen) atoms. The first-order valence-electron chi connectivity index (χ1n) is 5.35. The van der Waals surface area contributed by atoms with E-state index in [1.807, 2.05) is 13.8 Å². The average Bonchev–Trinajstić information content (AvgIpc) is 2.04. The number of carbonyl (C=O) groups is 1. The Morgan fingerprint density at radius 1 is 1.23 bits per heavy atom. The van der Waals surface area contributed by atoms with Crippen LogP contribution in [0.15, 0.2) is 0 Å². The molecule has 0 aliphatic heterocycles. The average molecular weight is 184 g/mol. The molecule has 0 amide bonds. The molecule has 2 nitrogen and oxygen atoms in total. The number of carboxylic acids is 1. The van der Waals surface area contributed by atoms with Crippen LogP contribution in [0.3, 0.4) is 0 Å². The van der Waals surface area contributed by atoms with Crippen LogP contribution in [0.4, 0.5) is 0 Å². The van der Waals surface area contributed by atoms with E-state index in [1.54, 1.807) is 0 Å². The highest BCUT2D eigenvalue weighted by molar-refractivity contribution is 5.70. The van der Waals surface area contributed by atoms with Gasteiger partial charge in [-0.25, -0.2) is 0 Å². The highest BCUT2D eigenvalue weighted by atomic mass is 16.4. The van der Waals surface area contributed by atoms with Crippen molar-refractivity contribution in [2.45, 2.75) is 46.0 Å². The lowest BCUT2D eigenvalue weighted by molar-refractivity contribution is -0.146. The molecule has 0 heterocycles. The minimum absolute atomic E-state index is 0.111. The first-order chi connectivity index (χ1) is 6.13. The SMILES string of the molecule is CC(C)C(C(=O)O)C1CCCCC1. The molecule has 0 aromatic heterocycles. The molecule has 1 atom stereocenters. The van der Waals surface area contributed by atoms with Gasteiger partial charge in [-0.15, -0.1) is 0 Å². The van der Waals surface area contributed by atoms with E-state index >= 15 is 0 Å². The highest BCUT2D eigenvalue weighted by Crippen LogP contribution is 2.33. The van der Waals surface area contributed by atoms with Crippen molar-refractivity contribution in [2.24, 2.45) is 17.8 Å². The Labute approximate surface area is 80.3 Å². The van der Waals surface area contributed by atoms with Gasteiger partial charge >= 0.3 is 5.97 Å². The van der Waals surface area contributed by atoms with E-state index in [2.05, 4.69) is 0 Å². The summed E-state index contributed by atoms with van der Waals surface area (Å²) in [6, 6.07) is 0. The van der Waals surface area contributed by atoms with Gasteiger partial charge in [0.2, 0.25) is 0 Å². The number of rotatable bonds is 3. The van der Waals surface area contributed by atoms with Crippen molar-refractivity contribution in [1.82, 2.24) is 0 Å². The Morgan fingerprint density at radius 2 is 1.77 bits per heavy atom. The maximum atomic E-state index is 11.0. The van der Waals surface area contributed by atoms with Crippen LogP contribution in [0.5, 0.6) is 0 Å². The summed E-state index contributed by atoms with van der Waals surface area (Å²) in [4.78, 5) is 11.0. The Bertz CT molecular complexity index is 169. The zero-order valence-corrected chi connectivity index (χ0v) is 8.62. The molecule has 1 saturated carbocycles. The zero-order valence-electron chi connectivity index (χ0n) is 8.62. The molecule has 1 aliphatic carbocycles. The maximum Gasteiger partial charge on any atom is 0.307 e. The summed E-state index contributed by atoms with van der Waals surface area (Å²) in [5, 5.41) is 9.10. The summed E-state index contributed by atoms with van der Waals surface area (Å²) in [6.07, 6.45) is 5.98. The molecular weight excluding hydrogens is 164 g/mol. The smallest absolute Gasteiger partial charge is 0.307 e. The zero-order chi connectivity index (χ0) is 9.84. The fraction of sp³-hybridized carbons (Fsp3) is 0.909. The summed E-state index contributed by atoms with van der Waals surface area (Å²) in [5.74, 6) is 0.00838. The Morgan fingerprint density at radius 3 is 2.15 bits per heavy atom.